The highest BCUT2D eigenvalue weighted by molar-refractivity contribution is 5.94. The normalized spacial score (nSPS) is 39.4. The van der Waals surface area contributed by atoms with Crippen molar-refractivity contribution < 1.29 is 14.7 Å². The lowest BCUT2D eigenvalue weighted by molar-refractivity contribution is -0.150. The second-order valence-electron chi connectivity index (χ2n) is 6.33. The molecule has 0 amide bonds. The van der Waals surface area contributed by atoms with E-state index in [1.807, 2.05) is 6.92 Å². The Hall–Kier alpha value is -1.10. The first kappa shape index (κ1) is 13.9. The molecule has 2 bridgehead atoms. The molecule has 0 aromatic carbocycles. The van der Waals surface area contributed by atoms with Gasteiger partial charge in [0, 0.05) is 12.5 Å². The zero-order chi connectivity index (χ0) is 14.1. The molecule has 4 unspecified atom stereocenters. The Bertz CT molecular complexity index is 410. The Morgan fingerprint density at radius 1 is 1.45 bits per heavy atom. The van der Waals surface area contributed by atoms with Crippen molar-refractivity contribution in [3.63, 3.8) is 0 Å². The van der Waals surface area contributed by atoms with E-state index in [1.165, 1.54) is 6.42 Å². The van der Waals surface area contributed by atoms with E-state index in [2.05, 4.69) is 10.1 Å². The smallest absolute Gasteiger partial charge is 0.310 e. The van der Waals surface area contributed by atoms with E-state index in [9.17, 15) is 10.0 Å². The number of nitrogens with zero attached hydrogens (tertiary/aromatic N) is 2. The maximum Gasteiger partial charge on any atom is 0.310 e. The van der Waals surface area contributed by atoms with Gasteiger partial charge in [-0.15, -0.1) is 0 Å². The van der Waals surface area contributed by atoms with Gasteiger partial charge in [0.2, 0.25) is 0 Å². The Morgan fingerprint density at radius 2 is 2.30 bits per heavy atom. The number of carbonyl (C=O) groups is 1. The topological polar surface area (TPSA) is 62.1 Å². The number of likely N-dealkylation sites (tertiary alicyclic amines) is 1. The predicted octanol–water partition coefficient (Wildman–Crippen LogP) is 1.89. The van der Waals surface area contributed by atoms with Gasteiger partial charge in [0.15, 0.2) is 0 Å². The number of oxime groups is 1. The minimum Gasteiger partial charge on any atom is -0.466 e. The first-order valence-electron chi connectivity index (χ1n) is 7.87. The lowest BCUT2D eigenvalue weighted by atomic mass is 9.88. The Labute approximate surface area is 120 Å². The summed E-state index contributed by atoms with van der Waals surface area (Å²) in [6, 6.07) is 0.260. The quantitative estimate of drug-likeness (QED) is 0.487. The van der Waals surface area contributed by atoms with E-state index in [0.29, 0.717) is 18.4 Å². The molecule has 5 heteroatoms. The van der Waals surface area contributed by atoms with Gasteiger partial charge in [0.1, 0.15) is 0 Å². The van der Waals surface area contributed by atoms with Crippen LogP contribution < -0.4 is 0 Å². The number of hydrogen-bond donors (Lipinski definition) is 1. The summed E-state index contributed by atoms with van der Waals surface area (Å²) >= 11 is 0. The third-order valence-electron chi connectivity index (χ3n) is 5.22. The molecule has 0 spiro atoms. The van der Waals surface area contributed by atoms with Crippen molar-refractivity contribution in [3.8, 4) is 0 Å². The lowest BCUT2D eigenvalue weighted by Crippen LogP contribution is -2.50. The molecular formula is C15H24N2O3. The van der Waals surface area contributed by atoms with Gasteiger partial charge in [-0.25, -0.2) is 0 Å². The molecule has 0 radical (unpaired) electrons. The third kappa shape index (κ3) is 2.32. The molecule has 5 nitrogen and oxygen atoms in total. The van der Waals surface area contributed by atoms with E-state index in [-0.39, 0.29) is 17.9 Å². The summed E-state index contributed by atoms with van der Waals surface area (Å²) in [6.45, 7) is 4.06. The highest BCUT2D eigenvalue weighted by atomic mass is 16.5. The number of fused-ring (bicyclic) bond motifs is 2. The second kappa shape index (κ2) is 5.72. The van der Waals surface area contributed by atoms with E-state index in [1.54, 1.807) is 0 Å². The van der Waals surface area contributed by atoms with Crippen molar-refractivity contribution in [1.29, 1.82) is 0 Å². The largest absolute Gasteiger partial charge is 0.466 e. The fourth-order valence-electron chi connectivity index (χ4n) is 4.39. The Kier molecular flexibility index (Phi) is 3.96. The van der Waals surface area contributed by atoms with Crippen LogP contribution in [-0.2, 0) is 9.53 Å². The van der Waals surface area contributed by atoms with Gasteiger partial charge < -0.3 is 9.94 Å². The lowest BCUT2D eigenvalue weighted by Gasteiger charge is -2.39. The molecule has 2 aliphatic carbocycles. The van der Waals surface area contributed by atoms with Crippen LogP contribution in [0.3, 0.4) is 0 Å². The monoisotopic (exact) mass is 280 g/mol. The maximum absolute atomic E-state index is 11.9. The molecule has 1 N–H and O–H groups in total. The summed E-state index contributed by atoms with van der Waals surface area (Å²) < 4.78 is 5.16. The number of piperidine rings is 1. The van der Waals surface area contributed by atoms with E-state index in [0.717, 1.165) is 44.5 Å². The Balaban J connectivity index is 1.69. The van der Waals surface area contributed by atoms with Gasteiger partial charge in [-0.2, -0.15) is 0 Å². The molecule has 3 fully saturated rings. The van der Waals surface area contributed by atoms with Crippen LogP contribution in [0, 0.1) is 17.8 Å². The first-order valence-corrected chi connectivity index (χ1v) is 7.87. The highest BCUT2D eigenvalue weighted by Crippen LogP contribution is 2.45. The SMILES string of the molecule is CCOC(=O)C1CCCN(C2C(=NO)C3CCC2C3)C1. The van der Waals surface area contributed by atoms with Crippen molar-refractivity contribution in [2.45, 2.75) is 45.1 Å². The number of ether oxygens (including phenoxy) is 1. The van der Waals surface area contributed by atoms with E-state index in [4.69, 9.17) is 4.74 Å². The Morgan fingerprint density at radius 3 is 3.05 bits per heavy atom. The summed E-state index contributed by atoms with van der Waals surface area (Å²) in [5.74, 6) is 1.01. The van der Waals surface area contributed by atoms with Crippen LogP contribution in [0.25, 0.3) is 0 Å². The summed E-state index contributed by atoms with van der Waals surface area (Å²) in [5, 5.41) is 12.9. The van der Waals surface area contributed by atoms with Crippen molar-refractivity contribution in [1.82, 2.24) is 4.90 Å². The summed E-state index contributed by atoms with van der Waals surface area (Å²) in [5.41, 5.74) is 0.964. The van der Waals surface area contributed by atoms with Crippen molar-refractivity contribution >= 4 is 11.7 Å². The van der Waals surface area contributed by atoms with Crippen molar-refractivity contribution in [2.75, 3.05) is 19.7 Å². The molecule has 0 aromatic rings. The van der Waals surface area contributed by atoms with Crippen LogP contribution in [0.15, 0.2) is 5.16 Å². The average molecular weight is 280 g/mol. The molecule has 0 aromatic heterocycles. The van der Waals surface area contributed by atoms with Crippen molar-refractivity contribution in [3.05, 3.63) is 0 Å². The molecule has 3 rings (SSSR count). The molecular weight excluding hydrogens is 256 g/mol. The van der Waals surface area contributed by atoms with Gasteiger partial charge in [-0.05, 0) is 51.5 Å². The minimum absolute atomic E-state index is 0.0113. The van der Waals surface area contributed by atoms with E-state index >= 15 is 0 Å². The van der Waals surface area contributed by atoms with Crippen LogP contribution in [0.2, 0.25) is 0 Å². The van der Waals surface area contributed by atoms with Crippen LogP contribution in [0.4, 0.5) is 0 Å². The first-order chi connectivity index (χ1) is 9.74. The number of hydrogen-bond acceptors (Lipinski definition) is 5. The average Bonchev–Trinajstić information content (AvgIpc) is 3.08. The fourth-order valence-corrected chi connectivity index (χ4v) is 4.39. The number of esters is 1. The predicted molar refractivity (Wildman–Crippen MR) is 74.8 cm³/mol. The van der Waals surface area contributed by atoms with Crippen LogP contribution in [0.5, 0.6) is 0 Å². The van der Waals surface area contributed by atoms with E-state index < -0.39 is 0 Å². The molecule has 1 saturated heterocycles. The van der Waals surface area contributed by atoms with Crippen LogP contribution in [0.1, 0.15) is 39.0 Å². The second-order valence-corrected chi connectivity index (χ2v) is 6.33. The maximum atomic E-state index is 11.9. The molecule has 1 aliphatic heterocycles. The molecule has 112 valence electrons. The van der Waals surface area contributed by atoms with Gasteiger partial charge in [-0.3, -0.25) is 9.69 Å². The number of carbonyl (C=O) groups excluding carboxylic acids is 1. The van der Waals surface area contributed by atoms with Gasteiger partial charge in [0.05, 0.1) is 24.3 Å². The van der Waals surface area contributed by atoms with Gasteiger partial charge in [0.25, 0.3) is 0 Å². The highest BCUT2D eigenvalue weighted by Gasteiger charge is 2.49. The molecule has 3 aliphatic rings. The fraction of sp³-hybridized carbons (Fsp3) is 0.867. The zero-order valence-corrected chi connectivity index (χ0v) is 12.1. The van der Waals surface area contributed by atoms with Crippen molar-refractivity contribution in [2.24, 2.45) is 22.9 Å². The minimum atomic E-state index is -0.0668. The molecule has 1 heterocycles. The third-order valence-corrected chi connectivity index (χ3v) is 5.22. The van der Waals surface area contributed by atoms with Crippen LogP contribution >= 0.6 is 0 Å². The molecule has 20 heavy (non-hydrogen) atoms. The summed E-state index contributed by atoms with van der Waals surface area (Å²) in [6.07, 6.45) is 5.49. The zero-order valence-electron chi connectivity index (χ0n) is 12.1. The van der Waals surface area contributed by atoms with Crippen LogP contribution in [-0.4, -0.2) is 47.5 Å². The number of rotatable bonds is 3. The summed E-state index contributed by atoms with van der Waals surface area (Å²) in [4.78, 5) is 14.3. The van der Waals surface area contributed by atoms with Gasteiger partial charge in [-0.1, -0.05) is 5.16 Å². The molecule has 2 saturated carbocycles. The molecule has 4 atom stereocenters. The van der Waals surface area contributed by atoms with Gasteiger partial charge >= 0.3 is 5.97 Å². The standard InChI is InChI=1S/C15H24N2O3/c1-2-20-15(18)12-4-3-7-17(9-12)14-11-6-5-10(8-11)13(14)16-19/h10-12,14,19H,2-9H2,1H3. The summed E-state index contributed by atoms with van der Waals surface area (Å²) in [7, 11) is 0.